The lowest BCUT2D eigenvalue weighted by molar-refractivity contribution is -0.150. The second-order valence-corrected chi connectivity index (χ2v) is 10.7. The van der Waals surface area contributed by atoms with Crippen LogP contribution in [0.4, 0.5) is 5.69 Å². The van der Waals surface area contributed by atoms with Gasteiger partial charge in [-0.05, 0) is 50.2 Å². The van der Waals surface area contributed by atoms with Gasteiger partial charge < -0.3 is 16.0 Å². The lowest BCUT2D eigenvalue weighted by Crippen LogP contribution is -2.56. The van der Waals surface area contributed by atoms with Crippen LogP contribution in [0.5, 0.6) is 0 Å². The van der Waals surface area contributed by atoms with Crippen molar-refractivity contribution < 1.29 is 24.0 Å². The maximum Gasteiger partial charge on any atom is 0.243 e. The number of benzene rings is 1. The summed E-state index contributed by atoms with van der Waals surface area (Å²) in [5.74, 6) is -1.19. The van der Waals surface area contributed by atoms with Crippen molar-refractivity contribution in [1.29, 1.82) is 0 Å². The Labute approximate surface area is 232 Å². The summed E-state index contributed by atoms with van der Waals surface area (Å²) in [4.78, 5) is 64.5. The zero-order chi connectivity index (χ0) is 28.4. The highest BCUT2D eigenvalue weighted by Crippen LogP contribution is 2.41. The molecule has 2 aliphatic rings. The maximum absolute atomic E-state index is 12.9. The molecule has 10 heteroatoms. The van der Waals surface area contributed by atoms with Gasteiger partial charge in [-0.15, -0.1) is 0 Å². The number of nitrogens with zero attached hydrogens (tertiary/aromatic N) is 1. The molecule has 1 aliphatic carbocycles. The number of carbonyl (C=O) groups excluding carboxylic acids is 5. The molecule has 1 aromatic rings. The first-order chi connectivity index (χ1) is 18.7. The van der Waals surface area contributed by atoms with Crippen LogP contribution in [0.25, 0.3) is 0 Å². The molecular weight excluding hydrogens is 495 g/mol. The van der Waals surface area contributed by atoms with Gasteiger partial charge in [0, 0.05) is 25.2 Å². The Hall–Kier alpha value is -3.17. The minimum atomic E-state index is -1.14. The summed E-state index contributed by atoms with van der Waals surface area (Å²) >= 11 is 0. The summed E-state index contributed by atoms with van der Waals surface area (Å²) in [5, 5.41) is 8.21. The largest absolute Gasteiger partial charge is 0.355 e. The molecule has 0 spiro atoms. The summed E-state index contributed by atoms with van der Waals surface area (Å²) in [5.41, 5.74) is 0.412. The zero-order valence-electron chi connectivity index (χ0n) is 23.2. The van der Waals surface area contributed by atoms with E-state index in [-0.39, 0.29) is 42.0 Å². The molecule has 3 rings (SSSR count). The normalized spacial score (nSPS) is 18.1. The number of anilines is 1. The Morgan fingerprint density at radius 3 is 2.26 bits per heavy atom. The predicted molar refractivity (Wildman–Crippen MR) is 150 cm³/mol. The number of carbonyl (C=O) groups is 5. The third-order valence-corrected chi connectivity index (χ3v) is 8.20. The van der Waals surface area contributed by atoms with E-state index in [4.69, 9.17) is 7.85 Å². The molecule has 0 bridgehead atoms. The number of likely N-dealkylation sites (tertiary alicyclic amines) is 1. The third kappa shape index (κ3) is 7.49. The number of imide groups is 1. The van der Waals surface area contributed by atoms with Crippen LogP contribution in [0.15, 0.2) is 24.3 Å². The van der Waals surface area contributed by atoms with E-state index in [0.717, 1.165) is 31.2 Å². The summed E-state index contributed by atoms with van der Waals surface area (Å²) in [6, 6.07) is 7.12. The van der Waals surface area contributed by atoms with Gasteiger partial charge in [0.05, 0.1) is 20.3 Å². The lowest BCUT2D eigenvalue weighted by atomic mass is 9.67. The first-order valence-electron chi connectivity index (χ1n) is 14.2. The molecule has 9 nitrogen and oxygen atoms in total. The average Bonchev–Trinajstić information content (AvgIpc) is 3.18. The molecular formula is C29H41BN4O5. The Balaban J connectivity index is 1.36. The van der Waals surface area contributed by atoms with Crippen LogP contribution >= 0.6 is 0 Å². The van der Waals surface area contributed by atoms with E-state index in [1.54, 1.807) is 12.1 Å². The Kier molecular flexibility index (Phi) is 11.1. The average molecular weight is 536 g/mol. The molecule has 1 atom stereocenters. The minimum absolute atomic E-state index is 0.0434. The molecule has 3 N–H and O–H groups in total. The van der Waals surface area contributed by atoms with Gasteiger partial charge in [-0.3, -0.25) is 28.9 Å². The quantitative estimate of drug-likeness (QED) is 0.138. The molecule has 1 aromatic carbocycles. The molecule has 210 valence electrons. The molecule has 2 radical (unpaired) electrons. The Morgan fingerprint density at radius 1 is 1.00 bits per heavy atom. The Morgan fingerprint density at radius 2 is 1.67 bits per heavy atom. The van der Waals surface area contributed by atoms with Gasteiger partial charge in [0.15, 0.2) is 0 Å². The highest BCUT2D eigenvalue weighted by molar-refractivity contribution is 6.08. The molecule has 0 aromatic heterocycles. The molecule has 1 aliphatic heterocycles. The highest BCUT2D eigenvalue weighted by atomic mass is 16.2. The fourth-order valence-electron chi connectivity index (χ4n) is 5.46. The van der Waals surface area contributed by atoms with Gasteiger partial charge in [-0.25, -0.2) is 0 Å². The fourth-order valence-corrected chi connectivity index (χ4v) is 5.46. The molecule has 2 fully saturated rings. The van der Waals surface area contributed by atoms with Crippen LogP contribution in [-0.2, 0) is 30.3 Å². The van der Waals surface area contributed by atoms with Crippen molar-refractivity contribution in [2.75, 3.05) is 25.0 Å². The van der Waals surface area contributed by atoms with Crippen molar-refractivity contribution in [1.82, 2.24) is 15.5 Å². The van der Waals surface area contributed by atoms with E-state index in [1.165, 1.54) is 4.90 Å². The third-order valence-electron chi connectivity index (χ3n) is 8.20. The van der Waals surface area contributed by atoms with Gasteiger partial charge in [-0.1, -0.05) is 57.1 Å². The zero-order valence-corrected chi connectivity index (χ0v) is 23.2. The van der Waals surface area contributed by atoms with Crippen LogP contribution < -0.4 is 16.0 Å². The summed E-state index contributed by atoms with van der Waals surface area (Å²) in [6.07, 6.45) is 6.29. The van der Waals surface area contributed by atoms with Crippen molar-refractivity contribution >= 4 is 43.1 Å². The Bertz CT molecular complexity index is 1040. The van der Waals surface area contributed by atoms with Crippen molar-refractivity contribution in [2.24, 2.45) is 17.3 Å². The standard InChI is InChI=1S/C29H41BN4O5/c1-3-21(4-2)23-17-25(36)34(26(23)37)16-7-5-6-15-31-27(38)29(13-8-14-29)28(39)32-19-24(35)33-22-11-9-20(18-30)10-12-22/h9-12,21,23H,3-8,13-19H2,1-2H3,(H,31,38)(H,32,39)(H,33,35). The van der Waals surface area contributed by atoms with E-state index in [1.807, 2.05) is 12.1 Å². The van der Waals surface area contributed by atoms with Gasteiger partial charge in [0.25, 0.3) is 0 Å². The second-order valence-electron chi connectivity index (χ2n) is 10.7. The second kappa shape index (κ2) is 14.3. The van der Waals surface area contributed by atoms with Gasteiger partial charge in [-0.2, -0.15) is 0 Å². The van der Waals surface area contributed by atoms with E-state index in [2.05, 4.69) is 29.8 Å². The molecule has 1 saturated carbocycles. The van der Waals surface area contributed by atoms with Crippen LogP contribution in [-0.4, -0.2) is 61.9 Å². The maximum atomic E-state index is 12.9. The van der Waals surface area contributed by atoms with Gasteiger partial charge in [0.1, 0.15) is 5.41 Å². The number of rotatable bonds is 15. The van der Waals surface area contributed by atoms with Crippen LogP contribution in [0.2, 0.25) is 0 Å². The van der Waals surface area contributed by atoms with Gasteiger partial charge >= 0.3 is 0 Å². The smallest absolute Gasteiger partial charge is 0.243 e. The first-order valence-corrected chi connectivity index (χ1v) is 14.2. The first kappa shape index (κ1) is 30.4. The number of amides is 5. The van der Waals surface area contributed by atoms with Crippen molar-refractivity contribution in [3.05, 3.63) is 29.8 Å². The summed E-state index contributed by atoms with van der Waals surface area (Å²) in [6.45, 7) is 4.71. The van der Waals surface area contributed by atoms with Crippen molar-refractivity contribution in [3.8, 4) is 0 Å². The summed E-state index contributed by atoms with van der Waals surface area (Å²) < 4.78 is 0. The number of hydrogen-bond acceptors (Lipinski definition) is 5. The summed E-state index contributed by atoms with van der Waals surface area (Å²) in [7, 11) is 5.58. The molecule has 1 saturated heterocycles. The SMILES string of the molecule is [B]Cc1ccc(NC(=O)CNC(=O)C2(C(=O)NCCCCCN3C(=O)CC(C(CC)CC)C3=O)CCC2)cc1. The van der Waals surface area contributed by atoms with Crippen LogP contribution in [0.3, 0.4) is 0 Å². The van der Waals surface area contributed by atoms with E-state index >= 15 is 0 Å². The number of nitrogens with one attached hydrogen (secondary N) is 3. The predicted octanol–water partition coefficient (Wildman–Crippen LogP) is 2.68. The van der Waals surface area contributed by atoms with E-state index in [9.17, 15) is 24.0 Å². The van der Waals surface area contributed by atoms with Crippen LogP contribution in [0.1, 0.15) is 77.2 Å². The van der Waals surface area contributed by atoms with E-state index < -0.39 is 11.3 Å². The van der Waals surface area contributed by atoms with Crippen molar-refractivity contribution in [2.45, 2.75) is 78.0 Å². The lowest BCUT2D eigenvalue weighted by Gasteiger charge is -2.38. The van der Waals surface area contributed by atoms with Crippen LogP contribution in [0, 0.1) is 17.3 Å². The highest BCUT2D eigenvalue weighted by Gasteiger charge is 2.50. The van der Waals surface area contributed by atoms with Crippen molar-refractivity contribution in [3.63, 3.8) is 0 Å². The molecule has 1 unspecified atom stereocenters. The topological polar surface area (TPSA) is 125 Å². The fraction of sp³-hybridized carbons (Fsp3) is 0.621. The number of hydrogen-bond donors (Lipinski definition) is 3. The molecule has 1 heterocycles. The monoisotopic (exact) mass is 536 g/mol. The number of unbranched alkanes of at least 4 members (excludes halogenated alkanes) is 2. The van der Waals surface area contributed by atoms with E-state index in [0.29, 0.717) is 57.2 Å². The van der Waals surface area contributed by atoms with Gasteiger partial charge in [0.2, 0.25) is 29.5 Å². The minimum Gasteiger partial charge on any atom is -0.355 e. The molecule has 5 amide bonds. The molecule has 39 heavy (non-hydrogen) atoms.